The minimum atomic E-state index is -0.811. The quantitative estimate of drug-likeness (QED) is 0.449. The van der Waals surface area contributed by atoms with Crippen molar-refractivity contribution >= 4 is 40.6 Å². The van der Waals surface area contributed by atoms with Gasteiger partial charge in [-0.1, -0.05) is 23.2 Å². The molecule has 0 bridgehead atoms. The second-order valence-corrected chi connectivity index (χ2v) is 5.87. The maximum atomic E-state index is 13.7. The molecule has 0 aliphatic heterocycles. The topological polar surface area (TPSA) is 97.2 Å². The zero-order chi connectivity index (χ0) is 18.6. The molecule has 25 heavy (non-hydrogen) atoms. The standard InChI is InChI=1S/C15H13Cl2FN4O3/c1-8-12(18)4-9(5-13(8)22(24)25)15(23)20-3-2-19-14-11(17)6-10(16)7-21-14/h4-7H,2-3H2,1H3,(H,19,21)(H,20,23). The summed E-state index contributed by atoms with van der Waals surface area (Å²) in [5, 5.41) is 17.0. The first-order chi connectivity index (χ1) is 11.8. The Morgan fingerprint density at radius 2 is 2.04 bits per heavy atom. The van der Waals surface area contributed by atoms with Gasteiger partial charge in [0.1, 0.15) is 11.6 Å². The number of benzene rings is 1. The van der Waals surface area contributed by atoms with Crippen LogP contribution >= 0.6 is 23.2 Å². The number of hydrogen-bond donors (Lipinski definition) is 2. The summed E-state index contributed by atoms with van der Waals surface area (Å²) in [4.78, 5) is 26.2. The van der Waals surface area contributed by atoms with Crippen molar-refractivity contribution in [3.63, 3.8) is 0 Å². The van der Waals surface area contributed by atoms with Crippen molar-refractivity contribution in [3.05, 3.63) is 61.5 Å². The number of pyridine rings is 1. The van der Waals surface area contributed by atoms with Gasteiger partial charge in [0.05, 0.1) is 20.5 Å². The van der Waals surface area contributed by atoms with Crippen LogP contribution in [0.25, 0.3) is 0 Å². The van der Waals surface area contributed by atoms with E-state index in [1.807, 2.05) is 0 Å². The monoisotopic (exact) mass is 386 g/mol. The molecule has 0 unspecified atom stereocenters. The molecule has 0 radical (unpaired) electrons. The minimum absolute atomic E-state index is 0.119. The number of nitro benzene ring substituents is 1. The average Bonchev–Trinajstić information content (AvgIpc) is 2.55. The number of anilines is 1. The number of hydrogen-bond acceptors (Lipinski definition) is 5. The van der Waals surface area contributed by atoms with Crippen LogP contribution in [-0.4, -0.2) is 28.9 Å². The van der Waals surface area contributed by atoms with Crippen LogP contribution in [0, 0.1) is 22.9 Å². The molecule has 0 aliphatic rings. The molecule has 0 saturated carbocycles. The highest BCUT2D eigenvalue weighted by atomic mass is 35.5. The van der Waals surface area contributed by atoms with Crippen LogP contribution in [0.2, 0.25) is 10.0 Å². The van der Waals surface area contributed by atoms with Gasteiger partial charge in [0.25, 0.3) is 11.6 Å². The molecule has 0 saturated heterocycles. The fourth-order valence-corrected chi connectivity index (χ4v) is 2.44. The van der Waals surface area contributed by atoms with E-state index in [0.29, 0.717) is 15.9 Å². The molecule has 1 heterocycles. The Labute approximate surface area is 152 Å². The number of rotatable bonds is 6. The van der Waals surface area contributed by atoms with E-state index in [0.717, 1.165) is 12.1 Å². The Hall–Kier alpha value is -2.45. The molecule has 10 heteroatoms. The van der Waals surface area contributed by atoms with Crippen LogP contribution in [0.4, 0.5) is 15.9 Å². The summed E-state index contributed by atoms with van der Waals surface area (Å²) in [6.07, 6.45) is 1.42. The summed E-state index contributed by atoms with van der Waals surface area (Å²) < 4.78 is 13.7. The predicted molar refractivity (Wildman–Crippen MR) is 92.9 cm³/mol. The van der Waals surface area contributed by atoms with Gasteiger partial charge in [-0.25, -0.2) is 9.37 Å². The van der Waals surface area contributed by atoms with Gasteiger partial charge in [-0.05, 0) is 19.1 Å². The van der Waals surface area contributed by atoms with Gasteiger partial charge < -0.3 is 10.6 Å². The smallest absolute Gasteiger partial charge is 0.276 e. The van der Waals surface area contributed by atoms with E-state index < -0.39 is 22.3 Å². The fourth-order valence-electron chi connectivity index (χ4n) is 1.99. The number of halogens is 3. The first kappa shape index (κ1) is 18.9. The molecule has 0 fully saturated rings. The minimum Gasteiger partial charge on any atom is -0.367 e. The average molecular weight is 387 g/mol. The van der Waals surface area contributed by atoms with Gasteiger partial charge in [0.2, 0.25) is 0 Å². The highest BCUT2D eigenvalue weighted by Gasteiger charge is 2.19. The van der Waals surface area contributed by atoms with Crippen LogP contribution in [-0.2, 0) is 0 Å². The van der Waals surface area contributed by atoms with Crippen LogP contribution in [0.3, 0.4) is 0 Å². The summed E-state index contributed by atoms with van der Waals surface area (Å²) in [7, 11) is 0. The Kier molecular flexibility index (Phi) is 6.11. The van der Waals surface area contributed by atoms with Crippen molar-refractivity contribution in [3.8, 4) is 0 Å². The van der Waals surface area contributed by atoms with Crippen molar-refractivity contribution in [1.82, 2.24) is 10.3 Å². The van der Waals surface area contributed by atoms with E-state index >= 15 is 0 Å². The normalized spacial score (nSPS) is 10.4. The van der Waals surface area contributed by atoms with E-state index in [-0.39, 0.29) is 24.2 Å². The molecular formula is C15H13Cl2FN4O3. The van der Waals surface area contributed by atoms with Gasteiger partial charge in [-0.3, -0.25) is 14.9 Å². The van der Waals surface area contributed by atoms with E-state index in [4.69, 9.17) is 23.2 Å². The zero-order valence-electron chi connectivity index (χ0n) is 13.0. The van der Waals surface area contributed by atoms with Crippen LogP contribution in [0.5, 0.6) is 0 Å². The second kappa shape index (κ2) is 8.09. The molecule has 1 aromatic heterocycles. The first-order valence-corrected chi connectivity index (χ1v) is 7.83. The lowest BCUT2D eigenvalue weighted by Crippen LogP contribution is -2.29. The van der Waals surface area contributed by atoms with E-state index in [2.05, 4.69) is 15.6 Å². The molecular weight excluding hydrogens is 374 g/mol. The molecule has 132 valence electrons. The van der Waals surface area contributed by atoms with Crippen LogP contribution in [0.1, 0.15) is 15.9 Å². The summed E-state index contributed by atoms with van der Waals surface area (Å²) in [6.45, 7) is 1.74. The molecule has 2 rings (SSSR count). The second-order valence-electron chi connectivity index (χ2n) is 5.03. The zero-order valence-corrected chi connectivity index (χ0v) is 14.5. The molecule has 0 spiro atoms. The number of nitrogens with one attached hydrogen (secondary N) is 2. The lowest BCUT2D eigenvalue weighted by atomic mass is 10.1. The Morgan fingerprint density at radius 3 is 2.68 bits per heavy atom. The molecule has 0 atom stereocenters. The molecule has 7 nitrogen and oxygen atoms in total. The van der Waals surface area contributed by atoms with E-state index in [9.17, 15) is 19.3 Å². The number of amides is 1. The number of aromatic nitrogens is 1. The molecule has 0 aliphatic carbocycles. The third kappa shape index (κ3) is 4.77. The highest BCUT2D eigenvalue weighted by Crippen LogP contribution is 2.23. The van der Waals surface area contributed by atoms with Crippen LogP contribution in [0.15, 0.2) is 24.4 Å². The highest BCUT2D eigenvalue weighted by molar-refractivity contribution is 6.35. The Bertz CT molecular complexity index is 833. The molecule has 2 N–H and O–H groups in total. The molecule has 1 amide bonds. The van der Waals surface area contributed by atoms with Gasteiger partial charge >= 0.3 is 0 Å². The largest absolute Gasteiger partial charge is 0.367 e. The lowest BCUT2D eigenvalue weighted by molar-refractivity contribution is -0.385. The third-order valence-electron chi connectivity index (χ3n) is 3.29. The number of carbonyl (C=O) groups is 1. The Morgan fingerprint density at radius 1 is 1.32 bits per heavy atom. The SMILES string of the molecule is Cc1c(F)cc(C(=O)NCCNc2ncc(Cl)cc2Cl)cc1[N+](=O)[O-]. The first-order valence-electron chi connectivity index (χ1n) is 7.07. The third-order valence-corrected chi connectivity index (χ3v) is 3.78. The number of carbonyl (C=O) groups excluding carboxylic acids is 1. The summed E-state index contributed by atoms with van der Waals surface area (Å²) in [5.74, 6) is -1.04. The Balaban J connectivity index is 1.95. The number of nitro groups is 1. The number of nitrogens with zero attached hydrogens (tertiary/aromatic N) is 2. The van der Waals surface area contributed by atoms with Crippen molar-refractivity contribution in [2.75, 3.05) is 18.4 Å². The molecule has 2 aromatic rings. The fraction of sp³-hybridized carbons (Fsp3) is 0.200. The maximum Gasteiger partial charge on any atom is 0.276 e. The van der Waals surface area contributed by atoms with Crippen LogP contribution < -0.4 is 10.6 Å². The van der Waals surface area contributed by atoms with Gasteiger partial charge in [-0.15, -0.1) is 0 Å². The van der Waals surface area contributed by atoms with E-state index in [1.54, 1.807) is 0 Å². The van der Waals surface area contributed by atoms with Crippen molar-refractivity contribution in [1.29, 1.82) is 0 Å². The van der Waals surface area contributed by atoms with Crippen molar-refractivity contribution in [2.24, 2.45) is 0 Å². The van der Waals surface area contributed by atoms with Crippen molar-refractivity contribution in [2.45, 2.75) is 6.92 Å². The lowest BCUT2D eigenvalue weighted by Gasteiger charge is -2.09. The maximum absolute atomic E-state index is 13.7. The van der Waals surface area contributed by atoms with E-state index in [1.165, 1.54) is 19.2 Å². The summed E-state index contributed by atoms with van der Waals surface area (Å²) in [5.41, 5.74) is -0.690. The predicted octanol–water partition coefficient (Wildman–Crippen LogP) is 3.59. The van der Waals surface area contributed by atoms with Crippen molar-refractivity contribution < 1.29 is 14.1 Å². The summed E-state index contributed by atoms with van der Waals surface area (Å²) in [6, 6.07) is 3.52. The molecule has 1 aromatic carbocycles. The van der Waals surface area contributed by atoms with Gasteiger partial charge in [0.15, 0.2) is 0 Å². The van der Waals surface area contributed by atoms with Gasteiger partial charge in [-0.2, -0.15) is 0 Å². The summed E-state index contributed by atoms with van der Waals surface area (Å²) >= 11 is 11.7. The van der Waals surface area contributed by atoms with Gasteiger partial charge in [0, 0.05) is 30.9 Å².